The Bertz CT molecular complexity index is 751. The van der Waals surface area contributed by atoms with E-state index in [-0.39, 0.29) is 5.91 Å². The molecule has 25 heavy (non-hydrogen) atoms. The summed E-state index contributed by atoms with van der Waals surface area (Å²) in [7, 11) is 1.79. The lowest BCUT2D eigenvalue weighted by atomic mass is 10.2. The fraction of sp³-hybridized carbons (Fsp3) is 0.389. The molecule has 0 unspecified atom stereocenters. The molecule has 2 aromatic rings. The lowest BCUT2D eigenvalue weighted by Crippen LogP contribution is -2.28. The maximum absolute atomic E-state index is 12.4. The number of nitrogens with zero attached hydrogens (tertiary/aromatic N) is 3. The van der Waals surface area contributed by atoms with E-state index in [9.17, 15) is 4.79 Å². The number of unbranched alkanes of at least 4 members (excludes halogenated alkanes) is 1. The van der Waals surface area contributed by atoms with E-state index < -0.39 is 0 Å². The largest absolute Gasteiger partial charge is 0.486 e. The van der Waals surface area contributed by atoms with Gasteiger partial charge in [-0.15, -0.1) is 0 Å². The molecule has 1 aliphatic heterocycles. The Morgan fingerprint density at radius 1 is 1.24 bits per heavy atom. The van der Waals surface area contributed by atoms with Crippen molar-refractivity contribution < 1.29 is 14.3 Å². The number of anilines is 2. The molecule has 7 nitrogen and oxygen atoms in total. The van der Waals surface area contributed by atoms with Crippen LogP contribution in [0.3, 0.4) is 0 Å². The van der Waals surface area contributed by atoms with E-state index >= 15 is 0 Å². The van der Waals surface area contributed by atoms with E-state index in [0.29, 0.717) is 37.2 Å². The Kier molecular flexibility index (Phi) is 5.33. The predicted octanol–water partition coefficient (Wildman–Crippen LogP) is 2.86. The summed E-state index contributed by atoms with van der Waals surface area (Å²) in [6, 6.07) is 7.16. The number of hydrogen-bond donors (Lipinski definition) is 1. The molecule has 1 aromatic carbocycles. The van der Waals surface area contributed by atoms with Gasteiger partial charge in [-0.1, -0.05) is 13.3 Å². The molecule has 3 rings (SSSR count). The number of aromatic nitrogens is 2. The molecule has 1 aliphatic rings. The van der Waals surface area contributed by atoms with Gasteiger partial charge in [0.15, 0.2) is 11.5 Å². The highest BCUT2D eigenvalue weighted by atomic mass is 16.6. The summed E-state index contributed by atoms with van der Waals surface area (Å²) < 4.78 is 11.1. The minimum atomic E-state index is -0.110. The first-order chi connectivity index (χ1) is 12.2. The zero-order valence-corrected chi connectivity index (χ0v) is 14.5. The van der Waals surface area contributed by atoms with Crippen molar-refractivity contribution in [1.82, 2.24) is 14.9 Å². The number of carbonyl (C=O) groups excluding carboxylic acids is 1. The second-order valence-corrected chi connectivity index (χ2v) is 5.83. The van der Waals surface area contributed by atoms with E-state index in [1.807, 2.05) is 18.2 Å². The summed E-state index contributed by atoms with van der Waals surface area (Å²) in [5.74, 6) is 1.66. The van der Waals surface area contributed by atoms with Crippen molar-refractivity contribution in [1.29, 1.82) is 0 Å². The summed E-state index contributed by atoms with van der Waals surface area (Å²) in [4.78, 5) is 22.6. The Balaban J connectivity index is 1.72. The summed E-state index contributed by atoms with van der Waals surface area (Å²) >= 11 is 0. The molecule has 0 aliphatic carbocycles. The van der Waals surface area contributed by atoms with Crippen LogP contribution in [-0.4, -0.2) is 47.6 Å². The van der Waals surface area contributed by atoms with Gasteiger partial charge >= 0.3 is 0 Å². The summed E-state index contributed by atoms with van der Waals surface area (Å²) in [6.45, 7) is 3.89. The zero-order valence-electron chi connectivity index (χ0n) is 14.5. The summed E-state index contributed by atoms with van der Waals surface area (Å²) in [5, 5.41) is 3.10. The molecule has 0 bridgehead atoms. The van der Waals surface area contributed by atoms with E-state index in [0.717, 1.165) is 24.3 Å². The van der Waals surface area contributed by atoms with Gasteiger partial charge in [-0.25, -0.2) is 9.97 Å². The number of benzene rings is 1. The average Bonchev–Trinajstić information content (AvgIpc) is 2.65. The van der Waals surface area contributed by atoms with E-state index in [2.05, 4.69) is 22.2 Å². The van der Waals surface area contributed by atoms with Crippen molar-refractivity contribution >= 4 is 17.5 Å². The molecule has 0 atom stereocenters. The summed E-state index contributed by atoms with van der Waals surface area (Å²) in [5.41, 5.74) is 1.14. The third kappa shape index (κ3) is 4.17. The molecule has 0 saturated carbocycles. The third-order valence-electron chi connectivity index (χ3n) is 3.87. The number of hydrogen-bond acceptors (Lipinski definition) is 6. The normalized spacial score (nSPS) is 12.6. The number of amides is 1. The molecule has 132 valence electrons. The molecule has 0 radical (unpaired) electrons. The first kappa shape index (κ1) is 17.0. The maximum Gasteiger partial charge on any atom is 0.272 e. The van der Waals surface area contributed by atoms with Gasteiger partial charge in [0.1, 0.15) is 18.9 Å². The Morgan fingerprint density at radius 2 is 2.04 bits per heavy atom. The van der Waals surface area contributed by atoms with Gasteiger partial charge in [0.2, 0.25) is 5.95 Å². The van der Waals surface area contributed by atoms with Gasteiger partial charge < -0.3 is 19.7 Å². The maximum atomic E-state index is 12.4. The predicted molar refractivity (Wildman–Crippen MR) is 94.6 cm³/mol. The van der Waals surface area contributed by atoms with Gasteiger partial charge in [-0.05, 0) is 24.6 Å². The monoisotopic (exact) mass is 342 g/mol. The number of carbonyl (C=O) groups is 1. The van der Waals surface area contributed by atoms with Gasteiger partial charge in [-0.3, -0.25) is 4.79 Å². The number of nitrogens with one attached hydrogen (secondary N) is 1. The van der Waals surface area contributed by atoms with Crippen LogP contribution in [0.25, 0.3) is 0 Å². The molecule has 0 fully saturated rings. The number of ether oxygens (including phenoxy) is 2. The van der Waals surface area contributed by atoms with Gasteiger partial charge in [0, 0.05) is 31.5 Å². The van der Waals surface area contributed by atoms with Crippen molar-refractivity contribution in [3.05, 3.63) is 36.2 Å². The molecule has 1 N–H and O–H groups in total. The molecular formula is C18H22N4O3. The fourth-order valence-electron chi connectivity index (χ4n) is 2.48. The van der Waals surface area contributed by atoms with E-state index in [1.54, 1.807) is 24.2 Å². The molecule has 7 heteroatoms. The van der Waals surface area contributed by atoms with Crippen LogP contribution in [0, 0.1) is 0 Å². The van der Waals surface area contributed by atoms with Gasteiger partial charge in [0.05, 0.1) is 0 Å². The number of fused-ring (bicyclic) bond motifs is 1. The zero-order chi connectivity index (χ0) is 17.6. The second kappa shape index (κ2) is 7.83. The Morgan fingerprint density at radius 3 is 2.84 bits per heavy atom. The lowest BCUT2D eigenvalue weighted by molar-refractivity contribution is 0.0787. The van der Waals surface area contributed by atoms with E-state index in [4.69, 9.17) is 9.47 Å². The second-order valence-electron chi connectivity index (χ2n) is 5.83. The van der Waals surface area contributed by atoms with Crippen LogP contribution < -0.4 is 14.8 Å². The number of rotatable bonds is 6. The van der Waals surface area contributed by atoms with Gasteiger partial charge in [-0.2, -0.15) is 0 Å². The van der Waals surface area contributed by atoms with Crippen molar-refractivity contribution in [2.45, 2.75) is 19.8 Å². The molecule has 0 spiro atoms. The molecule has 0 saturated heterocycles. The van der Waals surface area contributed by atoms with Crippen LogP contribution in [0.2, 0.25) is 0 Å². The van der Waals surface area contributed by atoms with Crippen molar-refractivity contribution in [3.63, 3.8) is 0 Å². The molecule has 1 aromatic heterocycles. The van der Waals surface area contributed by atoms with Crippen molar-refractivity contribution in [2.75, 3.05) is 32.1 Å². The Hall–Kier alpha value is -2.83. The van der Waals surface area contributed by atoms with Crippen LogP contribution in [0.1, 0.15) is 30.3 Å². The minimum absolute atomic E-state index is 0.110. The van der Waals surface area contributed by atoms with Crippen LogP contribution in [-0.2, 0) is 0 Å². The van der Waals surface area contributed by atoms with Crippen LogP contribution in [0.4, 0.5) is 11.6 Å². The highest BCUT2D eigenvalue weighted by Gasteiger charge is 2.15. The van der Waals surface area contributed by atoms with Crippen LogP contribution in [0.5, 0.6) is 11.5 Å². The Labute approximate surface area is 147 Å². The van der Waals surface area contributed by atoms with Crippen LogP contribution in [0.15, 0.2) is 30.5 Å². The minimum Gasteiger partial charge on any atom is -0.486 e. The average molecular weight is 342 g/mol. The fourth-order valence-corrected chi connectivity index (χ4v) is 2.48. The quantitative estimate of drug-likeness (QED) is 0.870. The highest BCUT2D eigenvalue weighted by molar-refractivity contribution is 5.92. The van der Waals surface area contributed by atoms with Crippen molar-refractivity contribution in [3.8, 4) is 11.5 Å². The molecular weight excluding hydrogens is 320 g/mol. The topological polar surface area (TPSA) is 76.6 Å². The lowest BCUT2D eigenvalue weighted by Gasteiger charge is -2.19. The highest BCUT2D eigenvalue weighted by Crippen LogP contribution is 2.33. The van der Waals surface area contributed by atoms with Crippen LogP contribution >= 0.6 is 0 Å². The first-order valence-electron chi connectivity index (χ1n) is 8.42. The van der Waals surface area contributed by atoms with Gasteiger partial charge in [0.25, 0.3) is 5.91 Å². The molecule has 2 heterocycles. The first-order valence-corrected chi connectivity index (χ1v) is 8.42. The standard InChI is InChI=1S/C18H22N4O3/c1-3-4-9-22(2)17(23)14-7-8-19-18(21-14)20-13-5-6-15-16(12-13)25-11-10-24-15/h5-8,12H,3-4,9-11H2,1-2H3,(H,19,20,21). The van der Waals surface area contributed by atoms with E-state index in [1.165, 1.54) is 0 Å². The smallest absolute Gasteiger partial charge is 0.272 e. The molecule has 1 amide bonds. The third-order valence-corrected chi connectivity index (χ3v) is 3.87. The summed E-state index contributed by atoms with van der Waals surface area (Å²) in [6.07, 6.45) is 3.59. The SMILES string of the molecule is CCCCN(C)C(=O)c1ccnc(Nc2ccc3c(c2)OCCO3)n1. The van der Waals surface area contributed by atoms with Crippen molar-refractivity contribution in [2.24, 2.45) is 0 Å².